The second-order valence-corrected chi connectivity index (χ2v) is 10.3. The van der Waals surface area contributed by atoms with E-state index in [0.717, 1.165) is 16.1 Å². The molecule has 2 heterocycles. The Morgan fingerprint density at radius 1 is 0.944 bits per heavy atom. The van der Waals surface area contributed by atoms with Crippen LogP contribution in [0.5, 0.6) is 0 Å². The Bertz CT molecular complexity index is 1610. The molecule has 5 aromatic rings. The predicted molar refractivity (Wildman–Crippen MR) is 149 cm³/mol. The average Bonchev–Trinajstić information content (AvgIpc) is 3.40. The molecule has 1 aliphatic rings. The molecule has 36 heavy (non-hydrogen) atoms. The van der Waals surface area contributed by atoms with Gasteiger partial charge >= 0.3 is 0 Å². The van der Waals surface area contributed by atoms with Crippen LogP contribution in [-0.2, 0) is 16.3 Å². The molecule has 0 aliphatic carbocycles. The van der Waals surface area contributed by atoms with Crippen molar-refractivity contribution in [3.63, 3.8) is 0 Å². The third kappa shape index (κ3) is 3.76. The fourth-order valence-corrected chi connectivity index (χ4v) is 6.47. The number of benzene rings is 4. The summed E-state index contributed by atoms with van der Waals surface area (Å²) in [7, 11) is 0. The molecule has 1 aliphatic heterocycles. The van der Waals surface area contributed by atoms with Crippen LogP contribution in [-0.4, -0.2) is 12.5 Å². The van der Waals surface area contributed by atoms with Gasteiger partial charge in [-0.3, -0.25) is 4.79 Å². The zero-order chi connectivity index (χ0) is 24.6. The predicted octanol–water partition coefficient (Wildman–Crippen LogP) is 7.29. The highest BCUT2D eigenvalue weighted by atomic mass is 32.1. The van der Waals surface area contributed by atoms with E-state index in [2.05, 4.69) is 120 Å². The molecule has 0 saturated carbocycles. The maximum Gasteiger partial charge on any atom is 0.297 e. The van der Waals surface area contributed by atoms with Gasteiger partial charge in [0.1, 0.15) is 4.70 Å². The van der Waals surface area contributed by atoms with E-state index in [1.165, 1.54) is 32.4 Å². The fraction of sp³-hybridized carbons (Fsp3) is 0.161. The van der Waals surface area contributed by atoms with Gasteiger partial charge in [-0.15, -0.1) is 4.57 Å². The Labute approximate surface area is 214 Å². The molecule has 0 bridgehead atoms. The summed E-state index contributed by atoms with van der Waals surface area (Å²) in [5.74, 6) is 0.426. The second-order valence-electron chi connectivity index (χ2n) is 9.28. The van der Waals surface area contributed by atoms with Crippen LogP contribution < -0.4 is 9.47 Å². The van der Waals surface area contributed by atoms with Crippen molar-refractivity contribution in [3.8, 4) is 0 Å². The number of rotatable bonds is 6. The zero-order valence-corrected chi connectivity index (χ0v) is 21.1. The molecule has 0 N–H and O–H groups in total. The molecule has 5 heteroatoms. The highest BCUT2D eigenvalue weighted by molar-refractivity contribution is 7.19. The van der Waals surface area contributed by atoms with E-state index < -0.39 is 0 Å². The number of para-hydroxylation sites is 1. The molecule has 2 atom stereocenters. The number of nitrogens with zero attached hydrogens (tertiary/aromatic N) is 2. The highest BCUT2D eigenvalue weighted by Gasteiger charge is 2.33. The van der Waals surface area contributed by atoms with Crippen LogP contribution >= 0.6 is 11.3 Å². The Morgan fingerprint density at radius 2 is 1.75 bits per heavy atom. The van der Waals surface area contributed by atoms with Gasteiger partial charge in [0.15, 0.2) is 0 Å². The summed E-state index contributed by atoms with van der Waals surface area (Å²) in [6, 6.07) is 30.4. The van der Waals surface area contributed by atoms with Gasteiger partial charge in [0, 0.05) is 40.9 Å². The lowest BCUT2D eigenvalue weighted by Crippen LogP contribution is -2.36. The molecule has 0 spiro atoms. The van der Waals surface area contributed by atoms with Gasteiger partial charge in [-0.1, -0.05) is 66.8 Å². The van der Waals surface area contributed by atoms with Gasteiger partial charge < -0.3 is 9.64 Å². The molecule has 6 rings (SSSR count). The van der Waals surface area contributed by atoms with Crippen LogP contribution in [0.15, 0.2) is 84.9 Å². The molecule has 178 valence electrons. The maximum absolute atomic E-state index is 11.0. The minimum absolute atomic E-state index is 0.187. The van der Waals surface area contributed by atoms with E-state index in [9.17, 15) is 4.79 Å². The van der Waals surface area contributed by atoms with Gasteiger partial charge in [0.2, 0.25) is 5.52 Å². The molecule has 0 fully saturated rings. The number of carbonyl (C=O) groups is 1. The number of thiazole rings is 1. The fourth-order valence-electron chi connectivity index (χ4n) is 5.29. The number of fused-ring (bicyclic) bond motifs is 4. The minimum atomic E-state index is 0.187. The first-order chi connectivity index (χ1) is 17.7. The molecular formula is C31H27N2O2S+. The summed E-state index contributed by atoms with van der Waals surface area (Å²) < 4.78 is 8.43. The summed E-state index contributed by atoms with van der Waals surface area (Å²) in [6.07, 6.45) is 4.29. The summed E-state index contributed by atoms with van der Waals surface area (Å²) in [6.45, 7) is 5.30. The van der Waals surface area contributed by atoms with Crippen LogP contribution in [0.4, 0.5) is 11.4 Å². The number of hydrogen-bond donors (Lipinski definition) is 0. The van der Waals surface area contributed by atoms with Gasteiger partial charge in [0.05, 0.1) is 0 Å². The van der Waals surface area contributed by atoms with E-state index in [-0.39, 0.29) is 6.73 Å². The lowest BCUT2D eigenvalue weighted by atomic mass is 9.96. The van der Waals surface area contributed by atoms with Crippen LogP contribution in [0, 0.1) is 0 Å². The normalized spacial score (nSPS) is 17.2. The quantitative estimate of drug-likeness (QED) is 0.185. The number of ether oxygens (including phenoxy) is 1. The Morgan fingerprint density at radius 3 is 2.58 bits per heavy atom. The van der Waals surface area contributed by atoms with E-state index in [4.69, 9.17) is 4.74 Å². The number of carbonyl (C=O) groups excluding carboxylic acids is 1. The van der Waals surface area contributed by atoms with E-state index in [0.29, 0.717) is 18.4 Å². The van der Waals surface area contributed by atoms with Gasteiger partial charge in [-0.25, -0.2) is 0 Å². The van der Waals surface area contributed by atoms with Crippen molar-refractivity contribution in [1.29, 1.82) is 0 Å². The smallest absolute Gasteiger partial charge is 0.297 e. The monoisotopic (exact) mass is 491 g/mol. The third-order valence-corrected chi connectivity index (χ3v) is 8.48. The molecular weight excluding hydrogens is 464 g/mol. The van der Waals surface area contributed by atoms with Crippen LogP contribution in [0.2, 0.25) is 0 Å². The average molecular weight is 492 g/mol. The van der Waals surface area contributed by atoms with Crippen molar-refractivity contribution in [2.75, 3.05) is 4.90 Å². The maximum atomic E-state index is 11.0. The summed E-state index contributed by atoms with van der Waals surface area (Å²) in [4.78, 5) is 13.4. The Hall–Kier alpha value is -3.96. The minimum Gasteiger partial charge on any atom is -0.407 e. The van der Waals surface area contributed by atoms with Gasteiger partial charge in [0.25, 0.3) is 18.2 Å². The van der Waals surface area contributed by atoms with E-state index in [1.54, 1.807) is 11.3 Å². The first kappa shape index (κ1) is 22.5. The number of anilines is 2. The largest absolute Gasteiger partial charge is 0.407 e. The van der Waals surface area contributed by atoms with Gasteiger partial charge in [-0.05, 0) is 59.8 Å². The van der Waals surface area contributed by atoms with Crippen LogP contribution in [0.25, 0.3) is 33.1 Å². The molecule has 1 aromatic heterocycles. The summed E-state index contributed by atoms with van der Waals surface area (Å²) in [5, 5.41) is 3.45. The number of hydrogen-bond acceptors (Lipinski definition) is 4. The molecule has 4 nitrogen and oxygen atoms in total. The summed E-state index contributed by atoms with van der Waals surface area (Å²) in [5.41, 5.74) is 6.10. The molecule has 0 saturated heterocycles. The molecule has 0 radical (unpaired) electrons. The highest BCUT2D eigenvalue weighted by Crippen LogP contribution is 2.45. The SMILES string of the molecule is CC1c2cc(/C=C/c3sc4c5ccccc5ccc4[n+]3COC=O)ccc2N(c2ccccc2)C1C. The van der Waals surface area contributed by atoms with E-state index >= 15 is 0 Å². The van der Waals surface area contributed by atoms with Crippen molar-refractivity contribution in [2.24, 2.45) is 0 Å². The lowest BCUT2D eigenvalue weighted by molar-refractivity contribution is -0.700. The molecule has 2 unspecified atom stereocenters. The first-order valence-electron chi connectivity index (χ1n) is 12.2. The van der Waals surface area contributed by atoms with E-state index in [1.807, 2.05) is 0 Å². The zero-order valence-electron chi connectivity index (χ0n) is 20.3. The lowest BCUT2D eigenvalue weighted by Gasteiger charge is -2.26. The topological polar surface area (TPSA) is 33.4 Å². The van der Waals surface area contributed by atoms with Crippen molar-refractivity contribution in [1.82, 2.24) is 0 Å². The standard InChI is InChI=1S/C31H27N2O2S/c1-21-22(2)33(25-9-4-3-5-10-25)28-15-12-23(18-27(21)28)13-17-30-32(19-35-20-34)29-16-14-24-8-6-7-11-26(24)31(29)36-30/h3-18,20-22H,19H2,1-2H3/q+1. The van der Waals surface area contributed by atoms with Gasteiger partial charge in [-0.2, -0.15) is 0 Å². The second kappa shape index (κ2) is 9.25. The molecule has 0 amide bonds. The van der Waals surface area contributed by atoms with Crippen molar-refractivity contribution >= 4 is 62.3 Å². The molecule has 4 aromatic carbocycles. The number of aromatic nitrogens is 1. The Kier molecular flexibility index (Phi) is 5.78. The van der Waals surface area contributed by atoms with Crippen LogP contribution in [0.1, 0.15) is 35.9 Å². The third-order valence-electron chi connectivity index (χ3n) is 7.28. The van der Waals surface area contributed by atoms with Crippen molar-refractivity contribution in [2.45, 2.75) is 32.5 Å². The van der Waals surface area contributed by atoms with Crippen molar-refractivity contribution in [3.05, 3.63) is 101 Å². The summed E-state index contributed by atoms with van der Waals surface area (Å²) >= 11 is 1.72. The first-order valence-corrected chi connectivity index (χ1v) is 13.0. The van der Waals surface area contributed by atoms with Crippen molar-refractivity contribution < 1.29 is 14.1 Å². The van der Waals surface area contributed by atoms with Crippen LogP contribution in [0.3, 0.4) is 0 Å². The Balaban J connectivity index is 1.39.